The minimum Gasteiger partial charge on any atom is -0.466 e. The summed E-state index contributed by atoms with van der Waals surface area (Å²) in [4.78, 5) is 10.8. The fourth-order valence-corrected chi connectivity index (χ4v) is 1.24. The Bertz CT molecular complexity index is 235. The van der Waals surface area contributed by atoms with Gasteiger partial charge in [-0.05, 0) is 39.0 Å². The largest absolute Gasteiger partial charge is 0.466 e. The van der Waals surface area contributed by atoms with E-state index in [0.717, 1.165) is 19.3 Å². The summed E-state index contributed by atoms with van der Waals surface area (Å²) in [7, 11) is 1.39. The fourth-order valence-electron chi connectivity index (χ4n) is 1.24. The van der Waals surface area contributed by atoms with Gasteiger partial charge in [-0.15, -0.1) is 0 Å². The van der Waals surface area contributed by atoms with E-state index in [1.165, 1.54) is 18.8 Å². The number of carbonyl (C=O) groups excluding carboxylic acids is 1. The lowest BCUT2D eigenvalue weighted by atomic mass is 10.0. The molecule has 0 aliphatic carbocycles. The molecule has 2 heteroatoms. The molecule has 0 saturated heterocycles. The number of hydrogen-bond acceptors (Lipinski definition) is 2. The van der Waals surface area contributed by atoms with E-state index in [2.05, 4.69) is 31.6 Å². The highest BCUT2D eigenvalue weighted by Crippen LogP contribution is 2.12. The average Bonchev–Trinajstić information content (AvgIpc) is 2.17. The van der Waals surface area contributed by atoms with E-state index in [-0.39, 0.29) is 5.97 Å². The van der Waals surface area contributed by atoms with Crippen molar-refractivity contribution in [3.8, 4) is 0 Å². The second-order valence-electron chi connectivity index (χ2n) is 4.13. The highest BCUT2D eigenvalue weighted by atomic mass is 16.5. The van der Waals surface area contributed by atoms with E-state index in [4.69, 9.17) is 0 Å². The zero-order chi connectivity index (χ0) is 11.7. The van der Waals surface area contributed by atoms with Crippen LogP contribution in [0.25, 0.3) is 0 Å². The molecule has 86 valence electrons. The summed E-state index contributed by atoms with van der Waals surface area (Å²) < 4.78 is 4.51. The maximum absolute atomic E-state index is 10.8. The molecule has 1 atom stereocenters. The number of esters is 1. The summed E-state index contributed by atoms with van der Waals surface area (Å²) in [5.74, 6) is 0.341. The van der Waals surface area contributed by atoms with Crippen molar-refractivity contribution in [2.75, 3.05) is 7.11 Å². The lowest BCUT2D eigenvalue weighted by Gasteiger charge is -2.05. The number of ether oxygens (including phenoxy) is 1. The summed E-state index contributed by atoms with van der Waals surface area (Å²) in [6, 6.07) is 0. The maximum atomic E-state index is 10.8. The number of rotatable bonds is 6. The zero-order valence-corrected chi connectivity index (χ0v) is 10.2. The lowest BCUT2D eigenvalue weighted by molar-refractivity contribution is -0.134. The molecule has 0 heterocycles. The van der Waals surface area contributed by atoms with Gasteiger partial charge in [-0.25, -0.2) is 4.79 Å². The average molecular weight is 210 g/mol. The van der Waals surface area contributed by atoms with Crippen molar-refractivity contribution in [2.45, 2.75) is 40.0 Å². The molecule has 0 amide bonds. The van der Waals surface area contributed by atoms with Crippen molar-refractivity contribution in [3.63, 3.8) is 0 Å². The SMILES string of the molecule is COC(=O)/C=C/C[C@@H](C)CCC=C(C)C. The Balaban J connectivity index is 3.66. The number of methoxy groups -OCH3 is 1. The van der Waals surface area contributed by atoms with Gasteiger partial charge in [0.05, 0.1) is 7.11 Å². The molecule has 0 rings (SSSR count). The molecule has 0 aromatic carbocycles. The summed E-state index contributed by atoms with van der Waals surface area (Å²) in [6.07, 6.45) is 8.86. The Morgan fingerprint density at radius 2 is 2.07 bits per heavy atom. The number of hydrogen-bond donors (Lipinski definition) is 0. The highest BCUT2D eigenvalue weighted by Gasteiger charge is 1.98. The maximum Gasteiger partial charge on any atom is 0.330 e. The molecule has 15 heavy (non-hydrogen) atoms. The Kier molecular flexibility index (Phi) is 7.69. The summed E-state index contributed by atoms with van der Waals surface area (Å²) in [5.41, 5.74) is 1.37. The molecule has 0 fully saturated rings. The van der Waals surface area contributed by atoms with Crippen LogP contribution in [0.15, 0.2) is 23.8 Å². The van der Waals surface area contributed by atoms with Crippen LogP contribution in [0.4, 0.5) is 0 Å². The van der Waals surface area contributed by atoms with Gasteiger partial charge in [0.15, 0.2) is 0 Å². The minimum absolute atomic E-state index is 0.272. The molecule has 0 unspecified atom stereocenters. The molecule has 2 nitrogen and oxygen atoms in total. The summed E-state index contributed by atoms with van der Waals surface area (Å²) in [6.45, 7) is 6.42. The van der Waals surface area contributed by atoms with Crippen molar-refractivity contribution < 1.29 is 9.53 Å². The van der Waals surface area contributed by atoms with Crippen LogP contribution < -0.4 is 0 Å². The van der Waals surface area contributed by atoms with Gasteiger partial charge in [0.2, 0.25) is 0 Å². The van der Waals surface area contributed by atoms with Crippen LogP contribution in [0.3, 0.4) is 0 Å². The van der Waals surface area contributed by atoms with Crippen molar-refractivity contribution in [2.24, 2.45) is 5.92 Å². The van der Waals surface area contributed by atoms with Crippen LogP contribution in [0.5, 0.6) is 0 Å². The summed E-state index contributed by atoms with van der Waals surface area (Å²) in [5, 5.41) is 0. The fraction of sp³-hybridized carbons (Fsp3) is 0.615. The molecule has 0 bridgehead atoms. The van der Waals surface area contributed by atoms with Crippen molar-refractivity contribution in [1.82, 2.24) is 0 Å². The molecule has 0 aliphatic heterocycles. The Morgan fingerprint density at radius 3 is 2.60 bits per heavy atom. The van der Waals surface area contributed by atoms with Crippen LogP contribution in [0.2, 0.25) is 0 Å². The molecule has 0 spiro atoms. The van der Waals surface area contributed by atoms with Gasteiger partial charge >= 0.3 is 5.97 Å². The first-order chi connectivity index (χ1) is 7.06. The van der Waals surface area contributed by atoms with Gasteiger partial charge in [-0.2, -0.15) is 0 Å². The quantitative estimate of drug-likeness (QED) is 0.381. The van der Waals surface area contributed by atoms with Gasteiger partial charge in [-0.1, -0.05) is 24.6 Å². The molecular formula is C13H22O2. The van der Waals surface area contributed by atoms with E-state index >= 15 is 0 Å². The van der Waals surface area contributed by atoms with Gasteiger partial charge in [0, 0.05) is 6.08 Å². The molecule has 0 aromatic heterocycles. The van der Waals surface area contributed by atoms with Gasteiger partial charge in [0.1, 0.15) is 0 Å². The first kappa shape index (κ1) is 13.9. The van der Waals surface area contributed by atoms with Gasteiger partial charge in [-0.3, -0.25) is 0 Å². The van der Waals surface area contributed by atoms with Crippen molar-refractivity contribution in [3.05, 3.63) is 23.8 Å². The lowest BCUT2D eigenvalue weighted by Crippen LogP contribution is -1.96. The monoisotopic (exact) mass is 210 g/mol. The van der Waals surface area contributed by atoms with E-state index in [1.807, 2.05) is 6.08 Å². The van der Waals surface area contributed by atoms with E-state index in [0.29, 0.717) is 5.92 Å². The molecular weight excluding hydrogens is 188 g/mol. The predicted octanol–water partition coefficient (Wildman–Crippen LogP) is 3.49. The van der Waals surface area contributed by atoms with Crippen LogP contribution in [-0.4, -0.2) is 13.1 Å². The highest BCUT2D eigenvalue weighted by molar-refractivity contribution is 5.81. The molecule has 0 aliphatic rings. The Morgan fingerprint density at radius 1 is 1.40 bits per heavy atom. The molecule has 0 saturated carbocycles. The summed E-state index contributed by atoms with van der Waals surface area (Å²) >= 11 is 0. The zero-order valence-electron chi connectivity index (χ0n) is 10.2. The second kappa shape index (κ2) is 8.27. The topological polar surface area (TPSA) is 26.3 Å². The smallest absolute Gasteiger partial charge is 0.330 e. The van der Waals surface area contributed by atoms with Gasteiger partial charge in [0.25, 0.3) is 0 Å². The van der Waals surface area contributed by atoms with E-state index in [1.54, 1.807) is 0 Å². The Hall–Kier alpha value is -1.05. The van der Waals surface area contributed by atoms with E-state index in [9.17, 15) is 4.79 Å². The standard InChI is InChI=1S/C13H22O2/c1-11(2)7-5-8-12(3)9-6-10-13(14)15-4/h6-7,10,12H,5,8-9H2,1-4H3/b10-6+/t12-/m0/s1. The molecule has 0 radical (unpaired) electrons. The normalized spacial score (nSPS) is 12.5. The second-order valence-corrected chi connectivity index (χ2v) is 4.13. The predicted molar refractivity (Wildman–Crippen MR) is 63.6 cm³/mol. The molecule has 0 N–H and O–H groups in total. The number of allylic oxidation sites excluding steroid dienone is 3. The van der Waals surface area contributed by atoms with Crippen LogP contribution in [0, 0.1) is 5.92 Å². The number of carbonyl (C=O) groups is 1. The van der Waals surface area contributed by atoms with Crippen molar-refractivity contribution >= 4 is 5.97 Å². The third-order valence-corrected chi connectivity index (χ3v) is 2.21. The van der Waals surface area contributed by atoms with Gasteiger partial charge < -0.3 is 4.74 Å². The van der Waals surface area contributed by atoms with E-state index < -0.39 is 0 Å². The minimum atomic E-state index is -0.272. The third-order valence-electron chi connectivity index (χ3n) is 2.21. The third kappa shape index (κ3) is 9.26. The van der Waals surface area contributed by atoms with Crippen LogP contribution in [-0.2, 0) is 9.53 Å². The Labute approximate surface area is 93.0 Å². The van der Waals surface area contributed by atoms with Crippen molar-refractivity contribution in [1.29, 1.82) is 0 Å². The molecule has 0 aromatic rings. The first-order valence-corrected chi connectivity index (χ1v) is 5.44. The van der Waals surface area contributed by atoms with Crippen LogP contribution in [0.1, 0.15) is 40.0 Å². The first-order valence-electron chi connectivity index (χ1n) is 5.44. The van der Waals surface area contributed by atoms with Crippen LogP contribution >= 0.6 is 0 Å².